The molecule has 3 heterocycles. The van der Waals surface area contributed by atoms with Gasteiger partial charge in [-0.2, -0.15) is 0 Å². The lowest BCUT2D eigenvalue weighted by Gasteiger charge is -2.22. The number of sulfonamides is 1. The summed E-state index contributed by atoms with van der Waals surface area (Å²) in [5.41, 5.74) is 0.427. The first kappa shape index (κ1) is 21.3. The molecule has 11 nitrogen and oxygen atoms in total. The molecule has 0 amide bonds. The van der Waals surface area contributed by atoms with Crippen LogP contribution in [0.25, 0.3) is 22.5 Å². The van der Waals surface area contributed by atoms with Gasteiger partial charge in [0.15, 0.2) is 5.69 Å². The van der Waals surface area contributed by atoms with Crippen LogP contribution in [0, 0.1) is 17.7 Å². The molecule has 2 unspecified atom stereocenters. The van der Waals surface area contributed by atoms with Crippen LogP contribution in [0.2, 0.25) is 0 Å². The molecule has 2 fully saturated rings. The molecule has 1 aromatic carbocycles. The van der Waals surface area contributed by atoms with Crippen LogP contribution in [-0.2, 0) is 10.0 Å². The minimum absolute atomic E-state index is 0.0231. The number of hydrogen-bond donors (Lipinski definition) is 0. The van der Waals surface area contributed by atoms with Crippen LogP contribution in [0.1, 0.15) is 12.8 Å². The molecular formula is C18H17BrFN6O5S-. The van der Waals surface area contributed by atoms with E-state index in [9.17, 15) is 17.6 Å². The summed E-state index contributed by atoms with van der Waals surface area (Å²) in [4.78, 5) is 12.3. The molecule has 0 N–H and O–H groups in total. The topological polar surface area (TPSA) is 138 Å². The summed E-state index contributed by atoms with van der Waals surface area (Å²) in [7, 11) is -3.20. The fraction of sp³-hybridized carbons (Fsp3) is 0.444. The molecule has 2 aliphatic rings. The van der Waals surface area contributed by atoms with E-state index in [1.165, 1.54) is 28.8 Å². The average Bonchev–Trinajstić information content (AvgIpc) is 3.47. The van der Waals surface area contributed by atoms with Crippen molar-refractivity contribution in [1.82, 2.24) is 24.3 Å². The van der Waals surface area contributed by atoms with Crippen molar-refractivity contribution in [2.24, 2.45) is 11.8 Å². The Kier molecular flexibility index (Phi) is 5.17. The van der Waals surface area contributed by atoms with E-state index in [2.05, 4.69) is 36.7 Å². The molecule has 32 heavy (non-hydrogen) atoms. The second-order valence-corrected chi connectivity index (χ2v) is 10.8. The Morgan fingerprint density at radius 2 is 1.91 bits per heavy atom. The highest BCUT2D eigenvalue weighted by Gasteiger charge is 2.42. The van der Waals surface area contributed by atoms with E-state index in [-0.39, 0.29) is 39.7 Å². The first-order valence-electron chi connectivity index (χ1n) is 9.73. The number of hydrogen-bond acceptors (Lipinski definition) is 8. The summed E-state index contributed by atoms with van der Waals surface area (Å²) in [5.74, 6) is -0.635. The van der Waals surface area contributed by atoms with E-state index in [1.807, 2.05) is 0 Å². The van der Waals surface area contributed by atoms with Gasteiger partial charge in [-0.3, -0.25) is 9.68 Å². The van der Waals surface area contributed by atoms with E-state index >= 15 is 0 Å². The Labute approximate surface area is 189 Å². The average molecular weight is 528 g/mol. The molecule has 1 aliphatic heterocycles. The second-order valence-electron chi connectivity index (χ2n) is 8.00. The van der Waals surface area contributed by atoms with E-state index in [1.54, 1.807) is 0 Å². The number of nitrogens with zero attached hydrogens (tertiary/aromatic N) is 6. The Balaban J connectivity index is 1.38. The van der Waals surface area contributed by atoms with Crippen molar-refractivity contribution < 1.29 is 22.0 Å². The molecule has 0 radical (unpaired) electrons. The highest BCUT2D eigenvalue weighted by atomic mass is 79.9. The van der Waals surface area contributed by atoms with E-state index < -0.39 is 21.6 Å². The number of halogens is 2. The van der Waals surface area contributed by atoms with Gasteiger partial charge < -0.3 is 9.95 Å². The van der Waals surface area contributed by atoms with E-state index in [4.69, 9.17) is 9.15 Å². The van der Waals surface area contributed by atoms with Crippen LogP contribution in [0.15, 0.2) is 36.6 Å². The van der Waals surface area contributed by atoms with Crippen LogP contribution in [0.3, 0.4) is 0 Å². The van der Waals surface area contributed by atoms with Gasteiger partial charge >= 0.3 is 5.76 Å². The lowest BCUT2D eigenvalue weighted by atomic mass is 10.0. The van der Waals surface area contributed by atoms with Gasteiger partial charge in [0.05, 0.1) is 16.4 Å². The normalized spacial score (nSPS) is 23.5. The van der Waals surface area contributed by atoms with Gasteiger partial charge in [-0.25, -0.2) is 26.5 Å². The fourth-order valence-corrected chi connectivity index (χ4v) is 5.73. The Morgan fingerprint density at radius 3 is 2.56 bits per heavy atom. The van der Waals surface area contributed by atoms with Crippen molar-refractivity contribution >= 4 is 31.8 Å². The third-order valence-corrected chi connectivity index (χ3v) is 7.76. The largest absolute Gasteiger partial charge is 0.458 e. The molecular weight excluding hydrogens is 511 g/mol. The minimum atomic E-state index is -3.20. The number of aromatic nitrogens is 4. The highest BCUT2D eigenvalue weighted by molar-refractivity contribution is 9.10. The summed E-state index contributed by atoms with van der Waals surface area (Å²) in [6.07, 6.45) is 2.64. The molecule has 14 heteroatoms. The van der Waals surface area contributed by atoms with Gasteiger partial charge in [-0.05, 0) is 64.8 Å². The van der Waals surface area contributed by atoms with Crippen molar-refractivity contribution in [2.45, 2.75) is 18.9 Å². The quantitative estimate of drug-likeness (QED) is 0.492. The molecule has 1 aliphatic carbocycles. The smallest absolute Gasteiger partial charge is 0.446 e. The van der Waals surface area contributed by atoms with Gasteiger partial charge in [-0.1, -0.05) is 10.3 Å². The predicted molar refractivity (Wildman–Crippen MR) is 112 cm³/mol. The van der Waals surface area contributed by atoms with Crippen LogP contribution in [0.4, 0.5) is 10.2 Å². The number of rotatable bonds is 5. The summed E-state index contributed by atoms with van der Waals surface area (Å²) in [6, 6.07) is 3.92. The van der Waals surface area contributed by atoms with Crippen LogP contribution in [0.5, 0.6) is 0 Å². The van der Waals surface area contributed by atoms with E-state index in [0.717, 1.165) is 4.57 Å². The molecule has 0 bridgehead atoms. The molecule has 0 spiro atoms. The fourth-order valence-electron chi connectivity index (χ4n) is 4.43. The molecule has 2 aromatic heterocycles. The van der Waals surface area contributed by atoms with Crippen molar-refractivity contribution in [2.75, 3.05) is 19.3 Å². The zero-order chi connectivity index (χ0) is 22.6. The maximum Gasteiger partial charge on any atom is 0.446 e. The summed E-state index contributed by atoms with van der Waals surface area (Å²) >= 11 is 3.09. The van der Waals surface area contributed by atoms with E-state index in [0.29, 0.717) is 31.6 Å². The monoisotopic (exact) mass is 527 g/mol. The van der Waals surface area contributed by atoms with Crippen LogP contribution < -0.4 is 5.76 Å². The molecule has 5 rings (SSSR count). The van der Waals surface area contributed by atoms with Crippen molar-refractivity contribution in [3.63, 3.8) is 0 Å². The maximum absolute atomic E-state index is 13.6. The first-order valence-corrected chi connectivity index (χ1v) is 12.4. The third-order valence-electron chi connectivity index (χ3n) is 5.92. The van der Waals surface area contributed by atoms with Gasteiger partial charge in [0.1, 0.15) is 5.82 Å². The maximum atomic E-state index is 13.6. The zero-order valence-electron chi connectivity index (χ0n) is 16.7. The minimum Gasteiger partial charge on any atom is -0.458 e. The molecule has 1 saturated carbocycles. The molecule has 170 valence electrons. The van der Waals surface area contributed by atoms with Crippen LogP contribution in [-0.4, -0.2) is 58.1 Å². The van der Waals surface area contributed by atoms with Crippen LogP contribution >= 0.6 is 15.9 Å². The molecule has 3 aromatic rings. The SMILES string of the molecule is CS(=O)(=O)N1CC2CC([N-]c3nonc3-c3noc(=O)n3-c3ccc(F)c(Br)c3)CC2C1. The van der Waals surface area contributed by atoms with Gasteiger partial charge in [0.25, 0.3) is 0 Å². The summed E-state index contributed by atoms with van der Waals surface area (Å²) in [5, 5.41) is 16.1. The summed E-state index contributed by atoms with van der Waals surface area (Å²) < 4.78 is 49.7. The first-order chi connectivity index (χ1) is 15.2. The van der Waals surface area contributed by atoms with Gasteiger partial charge in [0, 0.05) is 18.9 Å². The van der Waals surface area contributed by atoms with Gasteiger partial charge in [-0.15, -0.1) is 0 Å². The van der Waals surface area contributed by atoms with Crippen molar-refractivity contribution in [3.05, 3.63) is 44.4 Å². The molecule has 1 saturated heterocycles. The van der Waals surface area contributed by atoms with Crippen molar-refractivity contribution in [1.29, 1.82) is 0 Å². The Hall–Kier alpha value is -2.58. The lowest BCUT2D eigenvalue weighted by Crippen LogP contribution is -2.29. The van der Waals surface area contributed by atoms with Crippen molar-refractivity contribution in [3.8, 4) is 17.2 Å². The Morgan fingerprint density at radius 1 is 1.19 bits per heavy atom. The summed E-state index contributed by atoms with van der Waals surface area (Å²) in [6.45, 7) is 0.976. The highest BCUT2D eigenvalue weighted by Crippen LogP contribution is 2.44. The predicted octanol–water partition coefficient (Wildman–Crippen LogP) is 2.45. The third kappa shape index (κ3) is 3.75. The second kappa shape index (κ2) is 7.78. The van der Waals surface area contributed by atoms with Gasteiger partial charge in [0.2, 0.25) is 15.8 Å². The lowest BCUT2D eigenvalue weighted by molar-refractivity contribution is 0.309. The zero-order valence-corrected chi connectivity index (χ0v) is 19.1. The standard InChI is InChI=1S/C18H17BrFN6O5S/c1-32(28,29)25-7-9-4-11(5-10(9)8-25)21-16-15(22-31-23-16)17-24-30-18(27)26(17)12-2-3-14(20)13(19)6-12/h2-3,6,9-11H,4-5,7-8H2,1H3/q-1. The number of benzene rings is 1. The molecule has 2 atom stereocenters. The Bertz CT molecular complexity index is 1320. The number of fused-ring (bicyclic) bond motifs is 1.